The molecular weight excluding hydrogens is 356 g/mol. The number of likely N-dealkylation sites (tertiary alicyclic amines) is 1. The predicted octanol–water partition coefficient (Wildman–Crippen LogP) is 3.13. The third kappa shape index (κ3) is 4.40. The molecule has 2 N–H and O–H groups in total. The topological polar surface area (TPSA) is 37.6 Å². The summed E-state index contributed by atoms with van der Waals surface area (Å²) < 4.78 is 0. The van der Waals surface area contributed by atoms with Crippen LogP contribution in [-0.4, -0.2) is 23.2 Å². The maximum atomic E-state index is 11.6. The van der Waals surface area contributed by atoms with Crippen molar-refractivity contribution in [1.82, 2.24) is 4.98 Å². The van der Waals surface area contributed by atoms with Gasteiger partial charge in [-0.3, -0.25) is 4.98 Å². The molecule has 29 heavy (non-hydrogen) atoms. The van der Waals surface area contributed by atoms with E-state index in [2.05, 4.69) is 22.9 Å². The standard InChI is InChI=1S/C26H26N2O/c29-26(23-12-3-1-4-13-23,24-14-5-2-6-15-24)17-10-20-28-19-8-7-16-25(28)22-11-9-18-27-21-22/h1-6,9,11-15,18,21,25,29H,7-8,16,19-20H2/p+1/t25-/m1/s1. The molecular formula is C26H27N2O+. The van der Waals surface area contributed by atoms with Crippen molar-refractivity contribution >= 4 is 0 Å². The number of piperidine rings is 1. The minimum Gasteiger partial charge on any atom is -0.369 e. The Bertz CT molecular complexity index is 922. The third-order valence-corrected chi connectivity index (χ3v) is 5.79. The van der Waals surface area contributed by atoms with E-state index in [4.69, 9.17) is 0 Å². The van der Waals surface area contributed by atoms with Crippen molar-refractivity contribution in [2.75, 3.05) is 13.1 Å². The molecule has 0 bridgehead atoms. The van der Waals surface area contributed by atoms with Gasteiger partial charge in [-0.15, -0.1) is 0 Å². The first-order valence-corrected chi connectivity index (χ1v) is 10.4. The fourth-order valence-corrected chi connectivity index (χ4v) is 4.23. The van der Waals surface area contributed by atoms with Crippen LogP contribution in [0.2, 0.25) is 0 Å². The van der Waals surface area contributed by atoms with Crippen molar-refractivity contribution in [3.63, 3.8) is 0 Å². The van der Waals surface area contributed by atoms with E-state index >= 15 is 0 Å². The largest absolute Gasteiger partial charge is 0.369 e. The number of nitrogens with one attached hydrogen (secondary N) is 1. The molecule has 1 saturated heterocycles. The summed E-state index contributed by atoms with van der Waals surface area (Å²) in [7, 11) is 0. The highest BCUT2D eigenvalue weighted by Gasteiger charge is 2.30. The summed E-state index contributed by atoms with van der Waals surface area (Å²) in [4.78, 5) is 5.76. The van der Waals surface area contributed by atoms with Crippen molar-refractivity contribution in [3.05, 3.63) is 102 Å². The number of hydrogen-bond acceptors (Lipinski definition) is 2. The first kappa shape index (κ1) is 19.4. The molecule has 1 aromatic heterocycles. The van der Waals surface area contributed by atoms with Gasteiger partial charge in [0, 0.05) is 35.5 Å². The summed E-state index contributed by atoms with van der Waals surface area (Å²) in [5, 5.41) is 11.6. The number of benzene rings is 2. The fraction of sp³-hybridized carbons (Fsp3) is 0.269. The molecule has 1 fully saturated rings. The SMILES string of the molecule is OC(C#CC[NH+]1CCCC[C@@H]1c1cccnc1)(c1ccccc1)c1ccccc1. The molecule has 0 spiro atoms. The van der Waals surface area contributed by atoms with Crippen molar-refractivity contribution < 1.29 is 10.0 Å². The Morgan fingerprint density at radius 1 is 0.931 bits per heavy atom. The van der Waals surface area contributed by atoms with Gasteiger partial charge in [-0.05, 0) is 24.8 Å². The van der Waals surface area contributed by atoms with Crippen LogP contribution in [0.15, 0.2) is 85.2 Å². The van der Waals surface area contributed by atoms with Gasteiger partial charge < -0.3 is 10.0 Å². The summed E-state index contributed by atoms with van der Waals surface area (Å²) in [6.45, 7) is 1.81. The molecule has 146 valence electrons. The van der Waals surface area contributed by atoms with Crippen LogP contribution < -0.4 is 4.90 Å². The van der Waals surface area contributed by atoms with Crippen molar-refractivity contribution in [2.45, 2.75) is 30.9 Å². The average Bonchev–Trinajstić information content (AvgIpc) is 2.81. The quantitative estimate of drug-likeness (QED) is 0.680. The molecule has 3 heteroatoms. The normalized spacial score (nSPS) is 19.2. The van der Waals surface area contributed by atoms with Gasteiger partial charge in [0.25, 0.3) is 0 Å². The minimum absolute atomic E-state index is 0.424. The van der Waals surface area contributed by atoms with E-state index in [0.717, 1.165) is 24.1 Å². The van der Waals surface area contributed by atoms with E-state index < -0.39 is 5.60 Å². The number of aliphatic hydroxyl groups is 1. The summed E-state index contributed by atoms with van der Waals surface area (Å²) in [6, 6.07) is 24.0. The van der Waals surface area contributed by atoms with Gasteiger partial charge in [-0.1, -0.05) is 72.7 Å². The Kier molecular flexibility index (Phi) is 6.05. The number of pyridine rings is 1. The molecule has 3 nitrogen and oxygen atoms in total. The van der Waals surface area contributed by atoms with E-state index in [1.807, 2.05) is 79.1 Å². The van der Waals surface area contributed by atoms with Gasteiger partial charge in [0.2, 0.25) is 0 Å². The molecule has 0 saturated carbocycles. The van der Waals surface area contributed by atoms with E-state index in [1.165, 1.54) is 23.3 Å². The Labute approximate surface area is 173 Å². The van der Waals surface area contributed by atoms with Crippen LogP contribution in [-0.2, 0) is 5.60 Å². The molecule has 0 radical (unpaired) electrons. The molecule has 1 aliphatic heterocycles. The zero-order chi connectivity index (χ0) is 19.9. The molecule has 1 unspecified atom stereocenters. The Morgan fingerprint density at radius 3 is 2.24 bits per heavy atom. The monoisotopic (exact) mass is 383 g/mol. The van der Waals surface area contributed by atoms with Crippen LogP contribution in [0.1, 0.15) is 42.0 Å². The highest BCUT2D eigenvalue weighted by Crippen LogP contribution is 2.28. The lowest BCUT2D eigenvalue weighted by molar-refractivity contribution is -0.930. The molecule has 2 atom stereocenters. The number of quaternary nitrogens is 1. The Morgan fingerprint density at radius 2 is 1.62 bits per heavy atom. The maximum absolute atomic E-state index is 11.6. The molecule has 0 aliphatic carbocycles. The number of rotatable bonds is 4. The van der Waals surface area contributed by atoms with E-state index in [1.54, 1.807) is 0 Å². The zero-order valence-corrected chi connectivity index (χ0v) is 16.6. The molecule has 1 aliphatic rings. The Hall–Kier alpha value is -2.93. The van der Waals surface area contributed by atoms with Crippen LogP contribution in [0, 0.1) is 11.8 Å². The van der Waals surface area contributed by atoms with Crippen LogP contribution in [0.3, 0.4) is 0 Å². The minimum atomic E-state index is -1.30. The summed E-state index contributed by atoms with van der Waals surface area (Å²) in [5.74, 6) is 6.55. The van der Waals surface area contributed by atoms with E-state index in [-0.39, 0.29) is 0 Å². The zero-order valence-electron chi connectivity index (χ0n) is 16.6. The van der Waals surface area contributed by atoms with Crippen molar-refractivity contribution in [2.24, 2.45) is 0 Å². The van der Waals surface area contributed by atoms with Crippen LogP contribution in [0.25, 0.3) is 0 Å². The smallest absolute Gasteiger partial charge is 0.177 e. The van der Waals surface area contributed by atoms with E-state index in [0.29, 0.717) is 12.6 Å². The van der Waals surface area contributed by atoms with Gasteiger partial charge in [0.15, 0.2) is 5.60 Å². The predicted molar refractivity (Wildman–Crippen MR) is 115 cm³/mol. The second-order valence-corrected chi connectivity index (χ2v) is 7.66. The summed E-state index contributed by atoms with van der Waals surface area (Å²) in [5.41, 5.74) is 1.58. The second kappa shape index (κ2) is 9.05. The molecule has 0 amide bonds. The number of nitrogens with zero attached hydrogens (tertiary/aromatic N) is 1. The molecule has 4 rings (SSSR count). The number of hydrogen-bond donors (Lipinski definition) is 2. The van der Waals surface area contributed by atoms with Crippen molar-refractivity contribution in [1.29, 1.82) is 0 Å². The lowest BCUT2D eigenvalue weighted by Crippen LogP contribution is -3.13. The highest BCUT2D eigenvalue weighted by atomic mass is 16.3. The van der Waals surface area contributed by atoms with Gasteiger partial charge in [-0.25, -0.2) is 0 Å². The van der Waals surface area contributed by atoms with Crippen molar-refractivity contribution in [3.8, 4) is 11.8 Å². The summed E-state index contributed by atoms with van der Waals surface area (Å²) >= 11 is 0. The first-order chi connectivity index (χ1) is 14.3. The van der Waals surface area contributed by atoms with Gasteiger partial charge in [-0.2, -0.15) is 0 Å². The first-order valence-electron chi connectivity index (χ1n) is 10.4. The van der Waals surface area contributed by atoms with Gasteiger partial charge in [0.05, 0.1) is 6.54 Å². The third-order valence-electron chi connectivity index (χ3n) is 5.79. The van der Waals surface area contributed by atoms with Gasteiger partial charge in [0.1, 0.15) is 12.6 Å². The average molecular weight is 384 g/mol. The summed E-state index contributed by atoms with van der Waals surface area (Å²) in [6.07, 6.45) is 7.42. The molecule has 2 aromatic carbocycles. The second-order valence-electron chi connectivity index (χ2n) is 7.66. The van der Waals surface area contributed by atoms with Gasteiger partial charge >= 0.3 is 0 Å². The number of aromatic nitrogens is 1. The lowest BCUT2D eigenvalue weighted by Gasteiger charge is -2.31. The lowest BCUT2D eigenvalue weighted by atomic mass is 9.87. The maximum Gasteiger partial charge on any atom is 0.177 e. The van der Waals surface area contributed by atoms with Crippen LogP contribution >= 0.6 is 0 Å². The molecule has 2 heterocycles. The van der Waals surface area contributed by atoms with Crippen LogP contribution in [0.4, 0.5) is 0 Å². The highest BCUT2D eigenvalue weighted by molar-refractivity contribution is 5.44. The Balaban J connectivity index is 1.61. The fourth-order valence-electron chi connectivity index (χ4n) is 4.23. The molecule has 3 aromatic rings. The van der Waals surface area contributed by atoms with E-state index in [9.17, 15) is 5.11 Å². The van der Waals surface area contributed by atoms with Crippen LogP contribution in [0.5, 0.6) is 0 Å².